The van der Waals surface area contributed by atoms with Crippen molar-refractivity contribution in [3.8, 4) is 0 Å². The van der Waals surface area contributed by atoms with Gasteiger partial charge in [0.1, 0.15) is 0 Å². The molecule has 1 N–H and O–H groups in total. The lowest BCUT2D eigenvalue weighted by molar-refractivity contribution is 1.15. The smallest absolute Gasteiger partial charge is 0.0549 e. The molecule has 0 atom stereocenters. The highest BCUT2D eigenvalue weighted by atomic mass is 79.9. The Morgan fingerprint density at radius 1 is 0.900 bits per heavy atom. The minimum atomic E-state index is 0.723. The first-order valence-electron chi connectivity index (χ1n) is 6.39. The second kappa shape index (κ2) is 5.86. The van der Waals surface area contributed by atoms with Gasteiger partial charge in [0.2, 0.25) is 0 Å². The summed E-state index contributed by atoms with van der Waals surface area (Å²) < 4.78 is 0.905. The number of hydrogen-bond acceptors (Lipinski definition) is 1. The van der Waals surface area contributed by atoms with Crippen LogP contribution in [0.2, 0.25) is 5.02 Å². The number of hydrogen-bond donors (Lipinski definition) is 1. The zero-order valence-corrected chi connectivity index (χ0v) is 13.1. The largest absolute Gasteiger partial charge is 0.381 e. The Morgan fingerprint density at radius 3 is 2.50 bits per heavy atom. The molecule has 0 amide bonds. The zero-order chi connectivity index (χ0) is 13.9. The van der Waals surface area contributed by atoms with Crippen LogP contribution in [-0.2, 0) is 6.54 Å². The van der Waals surface area contributed by atoms with Crippen molar-refractivity contribution in [2.75, 3.05) is 5.32 Å². The molecule has 3 aromatic carbocycles. The highest BCUT2D eigenvalue weighted by Gasteiger charge is 2.00. The van der Waals surface area contributed by atoms with Gasteiger partial charge in [-0.15, -0.1) is 0 Å². The molecule has 3 aromatic rings. The lowest BCUT2D eigenvalue weighted by Crippen LogP contribution is -1.99. The van der Waals surface area contributed by atoms with Gasteiger partial charge < -0.3 is 5.32 Å². The van der Waals surface area contributed by atoms with E-state index in [2.05, 4.69) is 63.7 Å². The predicted molar refractivity (Wildman–Crippen MR) is 90.4 cm³/mol. The molecule has 0 aliphatic carbocycles. The number of rotatable bonds is 3. The van der Waals surface area contributed by atoms with Crippen molar-refractivity contribution in [2.45, 2.75) is 6.54 Å². The van der Waals surface area contributed by atoms with Gasteiger partial charge >= 0.3 is 0 Å². The third kappa shape index (κ3) is 2.97. The molecule has 1 nitrogen and oxygen atoms in total. The molecule has 0 saturated carbocycles. The van der Waals surface area contributed by atoms with Crippen LogP contribution in [0.3, 0.4) is 0 Å². The fourth-order valence-electron chi connectivity index (χ4n) is 2.16. The minimum Gasteiger partial charge on any atom is -0.381 e. The summed E-state index contributed by atoms with van der Waals surface area (Å²) in [5.74, 6) is 0. The van der Waals surface area contributed by atoms with E-state index in [-0.39, 0.29) is 0 Å². The van der Waals surface area contributed by atoms with Gasteiger partial charge in [-0.1, -0.05) is 48.0 Å². The van der Waals surface area contributed by atoms with Crippen LogP contribution in [0, 0.1) is 0 Å². The lowest BCUT2D eigenvalue weighted by atomic mass is 10.1. The lowest BCUT2D eigenvalue weighted by Gasteiger charge is -2.08. The van der Waals surface area contributed by atoms with Crippen LogP contribution in [0.4, 0.5) is 5.69 Å². The van der Waals surface area contributed by atoms with E-state index in [0.29, 0.717) is 0 Å². The van der Waals surface area contributed by atoms with Gasteiger partial charge in [-0.25, -0.2) is 0 Å². The van der Waals surface area contributed by atoms with Gasteiger partial charge in [0.05, 0.1) is 5.02 Å². The first-order valence-corrected chi connectivity index (χ1v) is 7.56. The Hall–Kier alpha value is -1.51. The van der Waals surface area contributed by atoms with E-state index in [9.17, 15) is 0 Å². The van der Waals surface area contributed by atoms with E-state index in [1.807, 2.05) is 18.2 Å². The van der Waals surface area contributed by atoms with Crippen molar-refractivity contribution in [3.05, 3.63) is 75.7 Å². The predicted octanol–water partition coefficient (Wildman–Crippen LogP) is 5.87. The van der Waals surface area contributed by atoms with Crippen molar-refractivity contribution in [1.29, 1.82) is 0 Å². The summed E-state index contributed by atoms with van der Waals surface area (Å²) in [5, 5.41) is 6.67. The second-order valence-corrected chi connectivity index (χ2v) is 5.93. The van der Waals surface area contributed by atoms with Crippen LogP contribution in [0.25, 0.3) is 10.8 Å². The number of nitrogens with one attached hydrogen (secondary N) is 1. The van der Waals surface area contributed by atoms with Crippen LogP contribution in [-0.4, -0.2) is 0 Å². The summed E-state index contributed by atoms with van der Waals surface area (Å²) >= 11 is 9.42. The molecule has 0 unspecified atom stereocenters. The van der Waals surface area contributed by atoms with E-state index in [1.165, 1.54) is 16.3 Å². The van der Waals surface area contributed by atoms with Crippen molar-refractivity contribution < 1.29 is 0 Å². The molecule has 0 fully saturated rings. The van der Waals surface area contributed by atoms with Gasteiger partial charge in [-0.2, -0.15) is 0 Å². The standard InChI is InChI=1S/C17H13BrClN/c18-16-10-15(7-8-17(16)19)20-11-12-5-6-13-3-1-2-4-14(13)9-12/h1-10,20H,11H2. The number of anilines is 1. The van der Waals surface area contributed by atoms with Gasteiger partial charge in [-0.3, -0.25) is 0 Å². The third-order valence-electron chi connectivity index (χ3n) is 3.23. The fraction of sp³-hybridized carbons (Fsp3) is 0.0588. The molecule has 0 aromatic heterocycles. The molecule has 0 spiro atoms. The van der Waals surface area contributed by atoms with Crippen LogP contribution in [0.1, 0.15) is 5.56 Å². The molecule has 0 heterocycles. The average Bonchev–Trinajstić information content (AvgIpc) is 2.48. The number of halogens is 2. The van der Waals surface area contributed by atoms with Gasteiger partial charge in [-0.05, 0) is 56.5 Å². The summed E-state index contributed by atoms with van der Waals surface area (Å²) in [6.45, 7) is 0.791. The van der Waals surface area contributed by atoms with Gasteiger partial charge in [0.15, 0.2) is 0 Å². The molecule has 0 aliphatic rings. The van der Waals surface area contributed by atoms with Crippen molar-refractivity contribution in [3.63, 3.8) is 0 Å². The molecule has 3 heteroatoms. The second-order valence-electron chi connectivity index (χ2n) is 4.66. The van der Waals surface area contributed by atoms with Crippen molar-refractivity contribution in [1.82, 2.24) is 0 Å². The van der Waals surface area contributed by atoms with Crippen LogP contribution in [0.15, 0.2) is 65.1 Å². The molecule has 0 saturated heterocycles. The fourth-order valence-corrected chi connectivity index (χ4v) is 2.66. The third-order valence-corrected chi connectivity index (χ3v) is 4.44. The summed E-state index contributed by atoms with van der Waals surface area (Å²) in [4.78, 5) is 0. The Labute approximate surface area is 131 Å². The van der Waals surface area contributed by atoms with Crippen LogP contribution in [0.5, 0.6) is 0 Å². The van der Waals surface area contributed by atoms with E-state index < -0.39 is 0 Å². The summed E-state index contributed by atoms with van der Waals surface area (Å²) in [7, 11) is 0. The summed E-state index contributed by atoms with van der Waals surface area (Å²) in [6.07, 6.45) is 0. The van der Waals surface area contributed by atoms with Crippen LogP contribution >= 0.6 is 27.5 Å². The SMILES string of the molecule is Clc1ccc(NCc2ccc3ccccc3c2)cc1Br. The Bertz CT molecular complexity index is 755. The van der Waals surface area contributed by atoms with E-state index in [4.69, 9.17) is 11.6 Å². The Morgan fingerprint density at radius 2 is 1.70 bits per heavy atom. The Balaban J connectivity index is 1.77. The normalized spacial score (nSPS) is 10.7. The first kappa shape index (κ1) is 13.5. The molecule has 0 aliphatic heterocycles. The molecule has 3 rings (SSSR count). The minimum absolute atomic E-state index is 0.723. The first-order chi connectivity index (χ1) is 9.72. The topological polar surface area (TPSA) is 12.0 Å². The maximum absolute atomic E-state index is 5.99. The monoisotopic (exact) mass is 345 g/mol. The average molecular weight is 347 g/mol. The Kier molecular flexibility index (Phi) is 3.95. The molecule has 20 heavy (non-hydrogen) atoms. The van der Waals surface area contributed by atoms with Gasteiger partial charge in [0.25, 0.3) is 0 Å². The number of fused-ring (bicyclic) bond motifs is 1. The van der Waals surface area contributed by atoms with E-state index in [0.717, 1.165) is 21.7 Å². The van der Waals surface area contributed by atoms with E-state index in [1.54, 1.807) is 0 Å². The maximum Gasteiger partial charge on any atom is 0.0549 e. The molecular weight excluding hydrogens is 334 g/mol. The quantitative estimate of drug-likeness (QED) is 0.625. The van der Waals surface area contributed by atoms with Crippen molar-refractivity contribution >= 4 is 44.0 Å². The number of benzene rings is 3. The summed E-state index contributed by atoms with van der Waals surface area (Å²) in [5.41, 5.74) is 2.31. The van der Waals surface area contributed by atoms with E-state index >= 15 is 0 Å². The summed E-state index contributed by atoms with van der Waals surface area (Å²) in [6, 6.07) is 20.8. The highest BCUT2D eigenvalue weighted by molar-refractivity contribution is 9.10. The highest BCUT2D eigenvalue weighted by Crippen LogP contribution is 2.26. The molecule has 0 bridgehead atoms. The van der Waals surface area contributed by atoms with Gasteiger partial charge in [0, 0.05) is 16.7 Å². The molecule has 100 valence electrons. The zero-order valence-electron chi connectivity index (χ0n) is 10.7. The molecular formula is C17H13BrClN. The molecule has 0 radical (unpaired) electrons. The van der Waals surface area contributed by atoms with Crippen molar-refractivity contribution in [2.24, 2.45) is 0 Å². The maximum atomic E-state index is 5.99. The van der Waals surface area contributed by atoms with Crippen LogP contribution < -0.4 is 5.32 Å².